The molecule has 1 aromatic carbocycles. The van der Waals surface area contributed by atoms with Gasteiger partial charge in [0.05, 0.1) is 12.2 Å². The number of carbonyl (C=O) groups is 1. The van der Waals surface area contributed by atoms with E-state index in [0.29, 0.717) is 18.6 Å². The van der Waals surface area contributed by atoms with E-state index < -0.39 is 5.82 Å². The van der Waals surface area contributed by atoms with Gasteiger partial charge in [-0.15, -0.1) is 11.3 Å². The second-order valence-corrected chi connectivity index (χ2v) is 4.51. The van der Waals surface area contributed by atoms with E-state index in [2.05, 4.69) is 0 Å². The van der Waals surface area contributed by atoms with Crippen LogP contribution in [-0.4, -0.2) is 12.9 Å². The van der Waals surface area contributed by atoms with Gasteiger partial charge in [0, 0.05) is 11.3 Å². The predicted molar refractivity (Wildman–Crippen MR) is 65.3 cm³/mol. The number of hydrogen-bond donors (Lipinski definition) is 0. The first kappa shape index (κ1) is 11.8. The highest BCUT2D eigenvalue weighted by atomic mass is 32.1. The quantitative estimate of drug-likeness (QED) is 0.761. The number of thiophene rings is 1. The van der Waals surface area contributed by atoms with Gasteiger partial charge in [-0.1, -0.05) is 6.07 Å². The van der Waals surface area contributed by atoms with Crippen molar-refractivity contribution in [2.24, 2.45) is 0 Å². The monoisotopic (exact) mass is 250 g/mol. The van der Waals surface area contributed by atoms with Crippen molar-refractivity contribution in [2.45, 2.75) is 6.42 Å². The van der Waals surface area contributed by atoms with Crippen LogP contribution in [0, 0.1) is 5.82 Å². The fourth-order valence-corrected chi connectivity index (χ4v) is 2.15. The maximum absolute atomic E-state index is 12.9. The van der Waals surface area contributed by atoms with E-state index in [4.69, 9.17) is 4.74 Å². The predicted octanol–water partition coefficient (Wildman–Crippen LogP) is 3.32. The number of rotatable bonds is 5. The number of hydrogen-bond acceptors (Lipinski definition) is 3. The number of halogens is 1. The van der Waals surface area contributed by atoms with E-state index in [1.54, 1.807) is 11.3 Å². The Bertz CT molecular complexity index is 494. The molecule has 0 aliphatic carbocycles. The second-order valence-electron chi connectivity index (χ2n) is 3.48. The van der Waals surface area contributed by atoms with E-state index in [1.165, 1.54) is 23.1 Å². The zero-order valence-corrected chi connectivity index (χ0v) is 9.87. The van der Waals surface area contributed by atoms with Crippen LogP contribution in [0.1, 0.15) is 15.2 Å². The van der Waals surface area contributed by atoms with Gasteiger partial charge in [0.1, 0.15) is 11.6 Å². The molecule has 17 heavy (non-hydrogen) atoms. The van der Waals surface area contributed by atoms with Gasteiger partial charge in [0.15, 0.2) is 6.29 Å². The van der Waals surface area contributed by atoms with Crippen LogP contribution in [0.25, 0.3) is 0 Å². The molecule has 1 aromatic heterocycles. The summed E-state index contributed by atoms with van der Waals surface area (Å²) in [6, 6.07) is 7.95. The van der Waals surface area contributed by atoms with Crippen molar-refractivity contribution < 1.29 is 13.9 Å². The van der Waals surface area contributed by atoms with E-state index in [1.807, 2.05) is 17.5 Å². The van der Waals surface area contributed by atoms with E-state index >= 15 is 0 Å². The Kier molecular flexibility index (Phi) is 3.88. The third-order valence-electron chi connectivity index (χ3n) is 2.28. The highest BCUT2D eigenvalue weighted by molar-refractivity contribution is 7.09. The topological polar surface area (TPSA) is 26.3 Å². The Morgan fingerprint density at radius 1 is 1.35 bits per heavy atom. The molecule has 0 saturated heterocycles. The summed E-state index contributed by atoms with van der Waals surface area (Å²) in [6.07, 6.45) is 1.39. The Hall–Kier alpha value is -1.68. The molecule has 0 fully saturated rings. The van der Waals surface area contributed by atoms with E-state index in [0.717, 1.165) is 6.42 Å². The molecular formula is C13H11FO2S. The lowest BCUT2D eigenvalue weighted by molar-refractivity contribution is 0.111. The minimum atomic E-state index is -0.433. The van der Waals surface area contributed by atoms with Crippen LogP contribution in [0.4, 0.5) is 4.39 Å². The molecular weight excluding hydrogens is 239 g/mol. The molecule has 0 bridgehead atoms. The van der Waals surface area contributed by atoms with Crippen molar-refractivity contribution >= 4 is 17.6 Å². The van der Waals surface area contributed by atoms with E-state index in [9.17, 15) is 9.18 Å². The summed E-state index contributed by atoms with van der Waals surface area (Å²) in [5.74, 6) is -0.00402. The first-order chi connectivity index (χ1) is 8.29. The SMILES string of the molecule is O=Cc1cc(F)ccc1OCCc1cccs1. The maximum Gasteiger partial charge on any atom is 0.153 e. The molecule has 0 spiro atoms. The lowest BCUT2D eigenvalue weighted by Gasteiger charge is -2.07. The largest absolute Gasteiger partial charge is 0.492 e. The number of ether oxygens (including phenoxy) is 1. The van der Waals surface area contributed by atoms with Crippen LogP contribution in [0.5, 0.6) is 5.75 Å². The lowest BCUT2D eigenvalue weighted by Crippen LogP contribution is -2.02. The van der Waals surface area contributed by atoms with Crippen LogP contribution in [-0.2, 0) is 6.42 Å². The van der Waals surface area contributed by atoms with Crippen LogP contribution in [0.2, 0.25) is 0 Å². The van der Waals surface area contributed by atoms with Crippen LogP contribution in [0.3, 0.4) is 0 Å². The smallest absolute Gasteiger partial charge is 0.153 e. The van der Waals surface area contributed by atoms with Crippen LogP contribution in [0.15, 0.2) is 35.7 Å². The first-order valence-electron chi connectivity index (χ1n) is 5.19. The lowest BCUT2D eigenvalue weighted by atomic mass is 10.2. The Morgan fingerprint density at radius 3 is 2.94 bits per heavy atom. The molecule has 0 amide bonds. The average molecular weight is 250 g/mol. The zero-order chi connectivity index (χ0) is 12.1. The van der Waals surface area contributed by atoms with Crippen molar-refractivity contribution in [3.8, 4) is 5.75 Å². The highest BCUT2D eigenvalue weighted by Gasteiger charge is 2.04. The normalized spacial score (nSPS) is 10.2. The van der Waals surface area contributed by atoms with Gasteiger partial charge >= 0.3 is 0 Å². The fraction of sp³-hybridized carbons (Fsp3) is 0.154. The summed E-state index contributed by atoms with van der Waals surface area (Å²) < 4.78 is 18.3. The molecule has 88 valence electrons. The van der Waals surface area contributed by atoms with Gasteiger partial charge in [-0.05, 0) is 29.6 Å². The third-order valence-corrected chi connectivity index (χ3v) is 3.22. The summed E-state index contributed by atoms with van der Waals surface area (Å²) in [7, 11) is 0. The van der Waals surface area contributed by atoms with Gasteiger partial charge in [-0.25, -0.2) is 4.39 Å². The number of carbonyl (C=O) groups excluding carboxylic acids is 1. The molecule has 4 heteroatoms. The molecule has 0 aliphatic rings. The van der Waals surface area contributed by atoms with Crippen molar-refractivity contribution in [2.75, 3.05) is 6.61 Å². The second kappa shape index (κ2) is 5.59. The standard InChI is InChI=1S/C13H11FO2S/c14-11-3-4-13(10(8-11)9-15)16-6-5-12-2-1-7-17-12/h1-4,7-9H,5-6H2. The van der Waals surface area contributed by atoms with Gasteiger partial charge < -0.3 is 4.74 Å². The molecule has 2 nitrogen and oxygen atoms in total. The molecule has 0 N–H and O–H groups in total. The highest BCUT2D eigenvalue weighted by Crippen LogP contribution is 2.18. The zero-order valence-electron chi connectivity index (χ0n) is 9.06. The summed E-state index contributed by atoms with van der Waals surface area (Å²) in [5, 5.41) is 2.00. The molecule has 2 aromatic rings. The van der Waals surface area contributed by atoms with Crippen LogP contribution < -0.4 is 4.74 Å². The van der Waals surface area contributed by atoms with Crippen LogP contribution >= 0.6 is 11.3 Å². The van der Waals surface area contributed by atoms with Gasteiger partial charge in [0.25, 0.3) is 0 Å². The van der Waals surface area contributed by atoms with Gasteiger partial charge in [-0.2, -0.15) is 0 Å². The molecule has 1 heterocycles. The summed E-state index contributed by atoms with van der Waals surface area (Å²) >= 11 is 1.66. The Morgan fingerprint density at radius 2 is 2.24 bits per heavy atom. The Balaban J connectivity index is 1.96. The third kappa shape index (κ3) is 3.14. The molecule has 0 atom stereocenters. The molecule has 2 rings (SSSR count). The van der Waals surface area contributed by atoms with Gasteiger partial charge in [-0.3, -0.25) is 4.79 Å². The molecule has 0 saturated carbocycles. The summed E-state index contributed by atoms with van der Waals surface area (Å²) in [6.45, 7) is 0.479. The minimum absolute atomic E-state index is 0.246. The molecule has 0 unspecified atom stereocenters. The molecule has 0 radical (unpaired) electrons. The van der Waals surface area contributed by atoms with E-state index in [-0.39, 0.29) is 5.56 Å². The first-order valence-corrected chi connectivity index (χ1v) is 6.07. The number of aldehydes is 1. The van der Waals surface area contributed by atoms with Crippen molar-refractivity contribution in [1.29, 1.82) is 0 Å². The minimum Gasteiger partial charge on any atom is -0.492 e. The Labute approximate surface area is 103 Å². The van der Waals surface area contributed by atoms with Gasteiger partial charge in [0.2, 0.25) is 0 Å². The maximum atomic E-state index is 12.9. The number of benzene rings is 1. The van der Waals surface area contributed by atoms with Crippen molar-refractivity contribution in [1.82, 2.24) is 0 Å². The summed E-state index contributed by atoms with van der Waals surface area (Å²) in [4.78, 5) is 11.9. The van der Waals surface area contributed by atoms with Crippen molar-refractivity contribution in [3.05, 3.63) is 52.0 Å². The summed E-state index contributed by atoms with van der Waals surface area (Å²) in [5.41, 5.74) is 0.246. The van der Waals surface area contributed by atoms with Crippen molar-refractivity contribution in [3.63, 3.8) is 0 Å². The molecule has 0 aliphatic heterocycles. The average Bonchev–Trinajstić information content (AvgIpc) is 2.84. The fourth-order valence-electron chi connectivity index (χ4n) is 1.46.